The van der Waals surface area contributed by atoms with Crippen LogP contribution < -0.4 is 0 Å². The van der Waals surface area contributed by atoms with Crippen molar-refractivity contribution >= 4 is 31.9 Å². The van der Waals surface area contributed by atoms with Crippen LogP contribution in [0.2, 0.25) is 0 Å². The highest BCUT2D eigenvalue weighted by atomic mass is 79.9. The van der Waals surface area contributed by atoms with Gasteiger partial charge in [0, 0.05) is 21.8 Å². The topological polar surface area (TPSA) is 0 Å². The second-order valence-electron chi connectivity index (χ2n) is 2.70. The smallest absolute Gasteiger partial charge is 0.0285 e. The van der Waals surface area contributed by atoms with Crippen molar-refractivity contribution in [3.05, 3.63) is 33.8 Å². The van der Waals surface area contributed by atoms with Crippen molar-refractivity contribution in [1.29, 1.82) is 0 Å². The van der Waals surface area contributed by atoms with E-state index in [1.807, 2.05) is 6.07 Å². The molecule has 0 radical (unpaired) electrons. The van der Waals surface area contributed by atoms with Crippen molar-refractivity contribution in [2.24, 2.45) is 0 Å². The van der Waals surface area contributed by atoms with Gasteiger partial charge in [0.15, 0.2) is 0 Å². The summed E-state index contributed by atoms with van der Waals surface area (Å²) in [6.07, 6.45) is 0.895. The Balaban J connectivity index is 2.89. The summed E-state index contributed by atoms with van der Waals surface area (Å²) in [4.78, 5) is 0. The first kappa shape index (κ1) is 10.8. The first-order valence-corrected chi connectivity index (χ1v) is 5.96. The first-order chi connectivity index (χ1) is 6.24. The molecule has 0 atom stereocenters. The largest absolute Gasteiger partial charge is 0.0970 e. The van der Waals surface area contributed by atoms with E-state index in [0.29, 0.717) is 0 Å². The Hall–Kier alpha value is -0.260. The van der Waals surface area contributed by atoms with Gasteiger partial charge in [0.2, 0.25) is 0 Å². The van der Waals surface area contributed by atoms with Crippen molar-refractivity contribution in [2.45, 2.75) is 13.3 Å². The molecule has 0 aliphatic heterocycles. The Morgan fingerprint density at radius 1 is 1.38 bits per heavy atom. The van der Waals surface area contributed by atoms with E-state index >= 15 is 0 Å². The van der Waals surface area contributed by atoms with Gasteiger partial charge < -0.3 is 0 Å². The number of benzene rings is 1. The average molecular weight is 302 g/mol. The normalized spacial score (nSPS) is 9.15. The highest BCUT2D eigenvalue weighted by molar-refractivity contribution is 9.10. The van der Waals surface area contributed by atoms with Gasteiger partial charge in [-0.3, -0.25) is 0 Å². The number of alkyl halides is 1. The molecular formula is C11H10Br2. The number of halogens is 2. The molecule has 0 saturated carbocycles. The molecule has 68 valence electrons. The van der Waals surface area contributed by atoms with Crippen LogP contribution in [0.25, 0.3) is 0 Å². The lowest BCUT2D eigenvalue weighted by Gasteiger charge is -1.97. The monoisotopic (exact) mass is 300 g/mol. The van der Waals surface area contributed by atoms with Crippen molar-refractivity contribution in [1.82, 2.24) is 0 Å². The summed E-state index contributed by atoms with van der Waals surface area (Å²) in [5.41, 5.74) is 2.33. The Kier molecular flexibility index (Phi) is 4.55. The fraction of sp³-hybridized carbons (Fsp3) is 0.273. The van der Waals surface area contributed by atoms with Gasteiger partial charge in [-0.2, -0.15) is 0 Å². The summed E-state index contributed by atoms with van der Waals surface area (Å²) in [5.74, 6) is 6.25. The molecule has 1 aromatic rings. The third-order valence-electron chi connectivity index (χ3n) is 1.64. The fourth-order valence-electron chi connectivity index (χ4n) is 0.934. The Morgan fingerprint density at radius 2 is 2.15 bits per heavy atom. The summed E-state index contributed by atoms with van der Waals surface area (Å²) in [7, 11) is 0. The number of rotatable bonds is 1. The van der Waals surface area contributed by atoms with Crippen LogP contribution in [0, 0.1) is 18.8 Å². The SMILES string of the molecule is Cc1ccc(Br)cc1C#CCCBr. The highest BCUT2D eigenvalue weighted by Crippen LogP contribution is 2.14. The molecule has 0 unspecified atom stereocenters. The van der Waals surface area contributed by atoms with Crippen molar-refractivity contribution < 1.29 is 0 Å². The zero-order chi connectivity index (χ0) is 9.68. The van der Waals surface area contributed by atoms with Crippen molar-refractivity contribution in [2.75, 3.05) is 5.33 Å². The zero-order valence-electron chi connectivity index (χ0n) is 7.40. The quantitative estimate of drug-likeness (QED) is 0.545. The number of hydrogen-bond donors (Lipinski definition) is 0. The second-order valence-corrected chi connectivity index (χ2v) is 4.41. The van der Waals surface area contributed by atoms with Crippen LogP contribution in [0.3, 0.4) is 0 Å². The molecule has 0 aromatic heterocycles. The van der Waals surface area contributed by atoms with Gasteiger partial charge in [-0.05, 0) is 24.6 Å². The molecule has 13 heavy (non-hydrogen) atoms. The predicted molar refractivity (Wildman–Crippen MR) is 64.2 cm³/mol. The minimum atomic E-state index is 0.895. The molecule has 0 N–H and O–H groups in total. The third-order valence-corrected chi connectivity index (χ3v) is 2.53. The van der Waals surface area contributed by atoms with Gasteiger partial charge in [-0.15, -0.1) is 0 Å². The average Bonchev–Trinajstić information content (AvgIpc) is 2.11. The van der Waals surface area contributed by atoms with E-state index < -0.39 is 0 Å². The van der Waals surface area contributed by atoms with E-state index in [4.69, 9.17) is 0 Å². The van der Waals surface area contributed by atoms with Gasteiger partial charge in [0.05, 0.1) is 0 Å². The van der Waals surface area contributed by atoms with E-state index in [1.165, 1.54) is 5.56 Å². The van der Waals surface area contributed by atoms with Crippen LogP contribution in [-0.2, 0) is 0 Å². The summed E-state index contributed by atoms with van der Waals surface area (Å²) in [6, 6.07) is 6.16. The Bertz CT molecular complexity index is 345. The maximum atomic E-state index is 3.43. The van der Waals surface area contributed by atoms with Crippen molar-refractivity contribution in [3.63, 3.8) is 0 Å². The number of aryl methyl sites for hydroxylation is 1. The Labute approximate surface area is 96.0 Å². The molecular weight excluding hydrogens is 292 g/mol. The van der Waals surface area contributed by atoms with E-state index in [0.717, 1.165) is 21.8 Å². The van der Waals surface area contributed by atoms with Gasteiger partial charge >= 0.3 is 0 Å². The minimum absolute atomic E-state index is 0.895. The Morgan fingerprint density at radius 3 is 2.85 bits per heavy atom. The molecule has 0 fully saturated rings. The van der Waals surface area contributed by atoms with Gasteiger partial charge in [-0.1, -0.05) is 49.8 Å². The molecule has 0 nitrogen and oxygen atoms in total. The van der Waals surface area contributed by atoms with Crippen LogP contribution in [0.1, 0.15) is 17.5 Å². The molecule has 0 aliphatic rings. The molecule has 1 rings (SSSR count). The molecule has 0 bridgehead atoms. The lowest BCUT2D eigenvalue weighted by Crippen LogP contribution is -1.81. The highest BCUT2D eigenvalue weighted by Gasteiger charge is 1.94. The molecule has 2 heteroatoms. The third kappa shape index (κ3) is 3.54. The van der Waals surface area contributed by atoms with E-state index in [2.05, 4.69) is 62.8 Å². The fourth-order valence-corrected chi connectivity index (χ4v) is 1.49. The molecule has 1 aromatic carbocycles. The summed E-state index contributed by atoms with van der Waals surface area (Å²) in [5, 5.41) is 0.938. The number of hydrogen-bond acceptors (Lipinski definition) is 0. The lowest BCUT2D eigenvalue weighted by molar-refractivity contribution is 1.31. The van der Waals surface area contributed by atoms with Gasteiger partial charge in [0.1, 0.15) is 0 Å². The molecule has 0 spiro atoms. The summed E-state index contributed by atoms with van der Waals surface area (Å²) < 4.78 is 1.08. The minimum Gasteiger partial charge on any atom is -0.0970 e. The molecule has 0 aliphatic carbocycles. The first-order valence-electron chi connectivity index (χ1n) is 4.05. The molecule has 0 amide bonds. The van der Waals surface area contributed by atoms with E-state index in [9.17, 15) is 0 Å². The summed E-state index contributed by atoms with van der Waals surface area (Å²) in [6.45, 7) is 2.07. The maximum absolute atomic E-state index is 3.43. The van der Waals surface area contributed by atoms with Crippen LogP contribution in [0.15, 0.2) is 22.7 Å². The predicted octanol–water partition coefficient (Wildman–Crippen LogP) is 3.89. The standard InChI is InChI=1S/C11H10Br2/c1-9-5-6-11(13)8-10(9)4-2-3-7-12/h5-6,8H,3,7H2,1H3. The van der Waals surface area contributed by atoms with Crippen LogP contribution >= 0.6 is 31.9 Å². The van der Waals surface area contributed by atoms with Gasteiger partial charge in [-0.25, -0.2) is 0 Å². The lowest BCUT2D eigenvalue weighted by atomic mass is 10.1. The van der Waals surface area contributed by atoms with Crippen LogP contribution in [0.4, 0.5) is 0 Å². The van der Waals surface area contributed by atoms with E-state index in [-0.39, 0.29) is 0 Å². The summed E-state index contributed by atoms with van der Waals surface area (Å²) >= 11 is 6.77. The van der Waals surface area contributed by atoms with Crippen molar-refractivity contribution in [3.8, 4) is 11.8 Å². The van der Waals surface area contributed by atoms with E-state index in [1.54, 1.807) is 0 Å². The maximum Gasteiger partial charge on any atom is 0.0285 e. The molecule has 0 saturated heterocycles. The molecule has 0 heterocycles. The second kappa shape index (κ2) is 5.47. The van der Waals surface area contributed by atoms with Crippen LogP contribution in [-0.4, -0.2) is 5.33 Å². The zero-order valence-corrected chi connectivity index (χ0v) is 10.6. The van der Waals surface area contributed by atoms with Gasteiger partial charge in [0.25, 0.3) is 0 Å². The van der Waals surface area contributed by atoms with Crippen LogP contribution in [0.5, 0.6) is 0 Å².